The van der Waals surface area contributed by atoms with Crippen molar-refractivity contribution in [3.63, 3.8) is 0 Å². The summed E-state index contributed by atoms with van der Waals surface area (Å²) in [4.78, 5) is 7.91. The highest BCUT2D eigenvalue weighted by Crippen LogP contribution is 2.56. The molecule has 0 unspecified atom stereocenters. The Balaban J connectivity index is 1.10. The van der Waals surface area contributed by atoms with Crippen LogP contribution < -0.4 is 31.1 Å². The summed E-state index contributed by atoms with van der Waals surface area (Å²) >= 11 is 0. The van der Waals surface area contributed by atoms with E-state index in [1.807, 2.05) is 0 Å². The molecule has 0 amide bonds. The lowest BCUT2D eigenvalue weighted by molar-refractivity contribution is 0.590. The largest absolute Gasteiger partial charge is 0.310 e. The molecule has 0 spiro atoms. The Hall–Kier alpha value is -11.7. The number of anilines is 9. The van der Waals surface area contributed by atoms with Crippen molar-refractivity contribution in [2.75, 3.05) is 14.7 Å². The van der Waals surface area contributed by atoms with E-state index >= 15 is 0 Å². The standard InChI is InChI=1S/C96H81BN4/c1-94(2,3)69-57-77(65-37-19-11-20-38-65)92(78(58-69)66-39-21-12-22-40-66)100-85-56-55-84-89(76-50-32-34-52-83(76)99(84)82-51-33-31-49-75(82)64-35-17-10-18-36-64)91(85)97-81-54-53-74(98(72-45-27-15-28-46-72)73-47-29-16-30-48-73)63-86(81)101(88-62-71(96(7,8)9)61-87(100)90(88)97)93-79(67-41-23-13-24-42-67)59-70(95(4,5)6)60-80(93)68-43-25-14-26-44-68/h10-63H,1-9H3. The van der Waals surface area contributed by atoms with Crippen LogP contribution in [0.1, 0.15) is 79.0 Å². The van der Waals surface area contributed by atoms with E-state index in [-0.39, 0.29) is 23.0 Å². The maximum Gasteiger partial charge on any atom is 0.253 e. The van der Waals surface area contributed by atoms with Gasteiger partial charge in [-0.05, 0) is 174 Å². The smallest absolute Gasteiger partial charge is 0.253 e. The van der Waals surface area contributed by atoms with E-state index in [1.54, 1.807) is 0 Å². The molecule has 2 aliphatic rings. The zero-order chi connectivity index (χ0) is 68.9. The number of fused-ring (bicyclic) bond motifs is 8. The molecule has 0 radical (unpaired) electrons. The van der Waals surface area contributed by atoms with Crippen molar-refractivity contribution < 1.29 is 0 Å². The fraction of sp³-hybridized carbons (Fsp3) is 0.125. The van der Waals surface area contributed by atoms with Crippen LogP contribution in [0.5, 0.6) is 0 Å². The summed E-state index contributed by atoms with van der Waals surface area (Å²) in [5, 5.41) is 2.42. The molecule has 15 aromatic rings. The van der Waals surface area contributed by atoms with Gasteiger partial charge in [0.15, 0.2) is 0 Å². The second kappa shape index (κ2) is 24.7. The molecule has 0 fully saturated rings. The van der Waals surface area contributed by atoms with Gasteiger partial charge >= 0.3 is 0 Å². The first-order chi connectivity index (χ1) is 49.1. The third-order valence-corrected chi connectivity index (χ3v) is 21.0. The molecule has 17 rings (SSSR count). The number of hydrogen-bond acceptors (Lipinski definition) is 3. The molecule has 1 aromatic heterocycles. The van der Waals surface area contributed by atoms with Gasteiger partial charge in [0.1, 0.15) is 0 Å². The first-order valence-electron chi connectivity index (χ1n) is 35.7. The SMILES string of the molecule is CC(C)(C)c1cc(-c2ccccc2)c(N2c3cc(N(c4ccccc4)c4ccccc4)ccc3B3c4c2cc(C(C)(C)C)cc4N(c2c(-c4ccccc4)cc(C(C)(C)C)cc2-c2ccccc2)c2ccc4c(c23)c2ccccc2n4-c2ccccc2-c2ccccc2)c(-c2ccccc2)c1. The van der Waals surface area contributed by atoms with Crippen LogP contribution in [-0.4, -0.2) is 11.3 Å². The Morgan fingerprint density at radius 1 is 0.267 bits per heavy atom. The van der Waals surface area contributed by atoms with Crippen LogP contribution in [0.15, 0.2) is 328 Å². The van der Waals surface area contributed by atoms with Gasteiger partial charge < -0.3 is 19.3 Å². The number of nitrogens with zero attached hydrogens (tertiary/aromatic N) is 4. The number of hydrogen-bond donors (Lipinski definition) is 0. The summed E-state index contributed by atoms with van der Waals surface area (Å²) in [5.41, 5.74) is 31.9. The summed E-state index contributed by atoms with van der Waals surface area (Å²) in [6.45, 7) is 21.0. The normalized spacial score (nSPS) is 12.7. The number of para-hydroxylation sites is 4. The van der Waals surface area contributed by atoms with Crippen LogP contribution in [0.2, 0.25) is 0 Å². The Bertz CT molecular complexity index is 5470. The predicted octanol–water partition coefficient (Wildman–Crippen LogP) is 24.6. The molecule has 101 heavy (non-hydrogen) atoms. The van der Waals surface area contributed by atoms with Gasteiger partial charge in [0.2, 0.25) is 0 Å². The third kappa shape index (κ3) is 10.9. The summed E-state index contributed by atoms with van der Waals surface area (Å²) in [5.74, 6) is 0. The van der Waals surface area contributed by atoms with Crippen LogP contribution in [0.3, 0.4) is 0 Å². The zero-order valence-electron chi connectivity index (χ0n) is 59.0. The first-order valence-corrected chi connectivity index (χ1v) is 35.7. The summed E-state index contributed by atoms with van der Waals surface area (Å²) in [7, 11) is 0. The fourth-order valence-corrected chi connectivity index (χ4v) is 15.9. The van der Waals surface area contributed by atoms with E-state index in [0.29, 0.717) is 0 Å². The molecule has 0 saturated carbocycles. The van der Waals surface area contributed by atoms with Crippen molar-refractivity contribution in [2.24, 2.45) is 0 Å². The second-order valence-corrected chi connectivity index (χ2v) is 30.5. The molecule has 0 aliphatic carbocycles. The van der Waals surface area contributed by atoms with Gasteiger partial charge in [-0.1, -0.05) is 293 Å². The molecule has 0 saturated heterocycles. The summed E-state index contributed by atoms with van der Waals surface area (Å²) < 4.78 is 2.56. The minimum absolute atomic E-state index is 0.193. The minimum atomic E-state index is -0.330. The average Bonchev–Trinajstić information content (AvgIpc) is 1.66. The monoisotopic (exact) mass is 1300 g/mol. The fourth-order valence-electron chi connectivity index (χ4n) is 15.9. The van der Waals surface area contributed by atoms with Crippen LogP contribution >= 0.6 is 0 Å². The number of rotatable bonds is 11. The molecule has 2 aliphatic heterocycles. The Morgan fingerprint density at radius 3 is 1.09 bits per heavy atom. The van der Waals surface area contributed by atoms with E-state index in [9.17, 15) is 0 Å². The van der Waals surface area contributed by atoms with Crippen molar-refractivity contribution in [1.82, 2.24) is 4.57 Å². The summed E-state index contributed by atoms with van der Waals surface area (Å²) in [6, 6.07) is 123. The average molecular weight is 1300 g/mol. The summed E-state index contributed by atoms with van der Waals surface area (Å²) in [6.07, 6.45) is 0. The first kappa shape index (κ1) is 62.8. The molecule has 488 valence electrons. The van der Waals surface area contributed by atoms with Crippen molar-refractivity contribution in [2.45, 2.75) is 78.6 Å². The van der Waals surface area contributed by atoms with Crippen molar-refractivity contribution in [3.8, 4) is 61.3 Å². The quantitative estimate of drug-likeness (QED) is 0.120. The third-order valence-electron chi connectivity index (χ3n) is 21.0. The van der Waals surface area contributed by atoms with Crippen molar-refractivity contribution in [1.29, 1.82) is 0 Å². The predicted molar refractivity (Wildman–Crippen MR) is 433 cm³/mol. The highest BCUT2D eigenvalue weighted by atomic mass is 15.2. The van der Waals surface area contributed by atoms with Gasteiger partial charge in [-0.2, -0.15) is 0 Å². The molecule has 0 bridgehead atoms. The van der Waals surface area contributed by atoms with E-state index < -0.39 is 0 Å². The lowest BCUT2D eigenvalue weighted by Crippen LogP contribution is -2.61. The van der Waals surface area contributed by atoms with E-state index in [4.69, 9.17) is 0 Å². The van der Waals surface area contributed by atoms with E-state index in [2.05, 4.69) is 409 Å². The maximum absolute atomic E-state index is 2.74. The lowest BCUT2D eigenvalue weighted by atomic mass is 9.32. The van der Waals surface area contributed by atoms with E-state index in [1.165, 1.54) is 66.1 Å². The Morgan fingerprint density at radius 2 is 0.644 bits per heavy atom. The van der Waals surface area contributed by atoms with Gasteiger partial charge in [-0.25, -0.2) is 0 Å². The number of benzene rings is 14. The number of aromatic nitrogens is 1. The van der Waals surface area contributed by atoms with Crippen molar-refractivity contribution >= 4 is 96.1 Å². The molecule has 14 aromatic carbocycles. The van der Waals surface area contributed by atoms with Crippen molar-refractivity contribution in [3.05, 3.63) is 344 Å². The second-order valence-electron chi connectivity index (χ2n) is 30.5. The van der Waals surface area contributed by atoms with Gasteiger partial charge in [0.05, 0.1) is 28.1 Å². The molecule has 3 heterocycles. The van der Waals surface area contributed by atoms with Crippen LogP contribution in [0, 0.1) is 0 Å². The maximum atomic E-state index is 2.74. The van der Waals surface area contributed by atoms with Gasteiger partial charge in [-0.15, -0.1) is 0 Å². The van der Waals surface area contributed by atoms with E-state index in [0.717, 1.165) is 101 Å². The minimum Gasteiger partial charge on any atom is -0.310 e. The molecule has 0 atom stereocenters. The highest BCUT2D eigenvalue weighted by Gasteiger charge is 2.48. The molecule has 0 N–H and O–H groups in total. The van der Waals surface area contributed by atoms with Crippen LogP contribution in [0.4, 0.5) is 51.2 Å². The molecule has 4 nitrogen and oxygen atoms in total. The van der Waals surface area contributed by atoms with Crippen LogP contribution in [-0.2, 0) is 16.2 Å². The molecular weight excluding hydrogens is 1220 g/mol. The van der Waals surface area contributed by atoms with Gasteiger partial charge in [-0.3, -0.25) is 0 Å². The zero-order valence-corrected chi connectivity index (χ0v) is 59.0. The molecular formula is C96H81BN4. The highest BCUT2D eigenvalue weighted by molar-refractivity contribution is 7.02. The topological polar surface area (TPSA) is 14.7 Å². The Kier molecular flexibility index (Phi) is 15.3. The van der Waals surface area contributed by atoms with Crippen LogP contribution in [0.25, 0.3) is 83.1 Å². The van der Waals surface area contributed by atoms with Gasteiger partial charge in [0, 0.05) is 78.4 Å². The lowest BCUT2D eigenvalue weighted by Gasteiger charge is -2.47. The Labute approximate surface area is 595 Å². The molecule has 5 heteroatoms. The van der Waals surface area contributed by atoms with Gasteiger partial charge in [0.25, 0.3) is 6.71 Å².